The highest BCUT2D eigenvalue weighted by molar-refractivity contribution is 6.31. The normalized spacial score (nSPS) is 19.9. The minimum Gasteiger partial charge on any atom is -0.466 e. The van der Waals surface area contributed by atoms with E-state index in [1.54, 1.807) is 6.07 Å². The van der Waals surface area contributed by atoms with E-state index in [1.165, 1.54) is 12.1 Å². The van der Waals surface area contributed by atoms with Crippen molar-refractivity contribution in [1.82, 2.24) is 4.90 Å². The summed E-state index contributed by atoms with van der Waals surface area (Å²) in [6.45, 7) is 4.46. The zero-order valence-electron chi connectivity index (χ0n) is 11.6. The van der Waals surface area contributed by atoms with E-state index in [0.717, 1.165) is 24.9 Å². The third kappa shape index (κ3) is 3.93. The van der Waals surface area contributed by atoms with Crippen LogP contribution in [0.15, 0.2) is 18.2 Å². The Morgan fingerprint density at radius 3 is 3.05 bits per heavy atom. The van der Waals surface area contributed by atoms with E-state index in [-0.39, 0.29) is 17.7 Å². The van der Waals surface area contributed by atoms with Crippen LogP contribution in [-0.2, 0) is 16.1 Å². The summed E-state index contributed by atoms with van der Waals surface area (Å²) >= 11 is 6.04. The number of hydrogen-bond donors (Lipinski definition) is 0. The maximum Gasteiger partial charge on any atom is 0.310 e. The van der Waals surface area contributed by atoms with E-state index in [1.807, 2.05) is 6.92 Å². The Bertz CT molecular complexity index is 481. The summed E-state index contributed by atoms with van der Waals surface area (Å²) in [5.74, 6) is -0.521. The van der Waals surface area contributed by atoms with Crippen LogP contribution in [0.3, 0.4) is 0 Å². The number of halogens is 2. The quantitative estimate of drug-likeness (QED) is 0.799. The molecule has 2 rings (SSSR count). The van der Waals surface area contributed by atoms with Gasteiger partial charge in [-0.3, -0.25) is 9.69 Å². The van der Waals surface area contributed by atoms with Crippen LogP contribution in [-0.4, -0.2) is 30.6 Å². The highest BCUT2D eigenvalue weighted by atomic mass is 35.5. The molecule has 0 amide bonds. The van der Waals surface area contributed by atoms with E-state index in [4.69, 9.17) is 16.3 Å². The lowest BCUT2D eigenvalue weighted by atomic mass is 9.97. The fourth-order valence-corrected chi connectivity index (χ4v) is 2.77. The third-order valence-electron chi connectivity index (χ3n) is 3.53. The van der Waals surface area contributed by atoms with Crippen molar-refractivity contribution < 1.29 is 13.9 Å². The van der Waals surface area contributed by atoms with Crippen LogP contribution < -0.4 is 0 Å². The van der Waals surface area contributed by atoms with E-state index >= 15 is 0 Å². The lowest BCUT2D eigenvalue weighted by molar-refractivity contribution is -0.150. The van der Waals surface area contributed by atoms with Gasteiger partial charge in [0.2, 0.25) is 0 Å². The summed E-state index contributed by atoms with van der Waals surface area (Å²) in [7, 11) is 0. The average Bonchev–Trinajstić information content (AvgIpc) is 2.43. The second-order valence-electron chi connectivity index (χ2n) is 5.06. The number of nitrogens with zero attached hydrogens (tertiary/aromatic N) is 1. The summed E-state index contributed by atoms with van der Waals surface area (Å²) in [5.41, 5.74) is 0.887. The first-order chi connectivity index (χ1) is 9.60. The number of rotatable bonds is 4. The molecule has 0 unspecified atom stereocenters. The first-order valence-corrected chi connectivity index (χ1v) is 7.31. The molecule has 1 atom stereocenters. The summed E-state index contributed by atoms with van der Waals surface area (Å²) < 4.78 is 18.1. The van der Waals surface area contributed by atoms with Gasteiger partial charge in [0, 0.05) is 18.1 Å². The van der Waals surface area contributed by atoms with Crippen molar-refractivity contribution in [1.29, 1.82) is 0 Å². The molecule has 0 spiro atoms. The van der Waals surface area contributed by atoms with Crippen LogP contribution in [0.4, 0.5) is 4.39 Å². The highest BCUT2D eigenvalue weighted by Gasteiger charge is 2.27. The molecule has 0 radical (unpaired) electrons. The van der Waals surface area contributed by atoms with Crippen molar-refractivity contribution >= 4 is 17.6 Å². The van der Waals surface area contributed by atoms with Gasteiger partial charge in [0.1, 0.15) is 5.82 Å². The number of carbonyl (C=O) groups is 1. The monoisotopic (exact) mass is 299 g/mol. The van der Waals surface area contributed by atoms with E-state index in [9.17, 15) is 9.18 Å². The molecule has 20 heavy (non-hydrogen) atoms. The minimum atomic E-state index is -0.332. The summed E-state index contributed by atoms with van der Waals surface area (Å²) in [5, 5.41) is 0.434. The molecule has 1 saturated heterocycles. The predicted octanol–water partition coefficient (Wildman–Crippen LogP) is 3.25. The molecule has 1 aromatic rings. The van der Waals surface area contributed by atoms with Gasteiger partial charge in [0.05, 0.1) is 12.5 Å². The lowest BCUT2D eigenvalue weighted by Gasteiger charge is -2.31. The average molecular weight is 300 g/mol. The predicted molar refractivity (Wildman–Crippen MR) is 76.0 cm³/mol. The number of likely N-dealkylation sites (tertiary alicyclic amines) is 1. The number of piperidine rings is 1. The second kappa shape index (κ2) is 7.04. The molecular weight excluding hydrogens is 281 g/mol. The number of benzene rings is 1. The van der Waals surface area contributed by atoms with Crippen LogP contribution in [0.25, 0.3) is 0 Å². The maximum absolute atomic E-state index is 13.0. The lowest BCUT2D eigenvalue weighted by Crippen LogP contribution is -2.39. The van der Waals surface area contributed by atoms with Crippen LogP contribution in [0, 0.1) is 11.7 Å². The molecule has 1 aliphatic rings. The SMILES string of the molecule is CCOC(=O)[C@@H]1CCCN(Cc2ccc(F)cc2Cl)C1. The second-order valence-corrected chi connectivity index (χ2v) is 5.47. The Balaban J connectivity index is 1.97. The molecule has 0 bridgehead atoms. The van der Waals surface area contributed by atoms with Gasteiger partial charge in [-0.05, 0) is 44.0 Å². The van der Waals surface area contributed by atoms with E-state index in [2.05, 4.69) is 4.90 Å². The summed E-state index contributed by atoms with van der Waals surface area (Å²) in [4.78, 5) is 14.0. The fraction of sp³-hybridized carbons (Fsp3) is 0.533. The molecule has 1 heterocycles. The van der Waals surface area contributed by atoms with Crippen molar-refractivity contribution in [2.24, 2.45) is 5.92 Å². The van der Waals surface area contributed by atoms with Gasteiger partial charge >= 0.3 is 5.97 Å². The summed E-state index contributed by atoms with van der Waals surface area (Å²) in [6, 6.07) is 4.43. The Morgan fingerprint density at radius 2 is 2.35 bits per heavy atom. The van der Waals surface area contributed by atoms with Crippen molar-refractivity contribution in [2.75, 3.05) is 19.7 Å². The molecule has 110 valence electrons. The topological polar surface area (TPSA) is 29.5 Å². The Hall–Kier alpha value is -1.13. The van der Waals surface area contributed by atoms with Gasteiger partial charge in [-0.2, -0.15) is 0 Å². The van der Waals surface area contributed by atoms with Crippen LogP contribution in [0.1, 0.15) is 25.3 Å². The van der Waals surface area contributed by atoms with Crippen molar-refractivity contribution in [3.8, 4) is 0 Å². The molecule has 0 N–H and O–H groups in total. The van der Waals surface area contributed by atoms with E-state index < -0.39 is 0 Å². The molecule has 1 aliphatic heterocycles. The van der Waals surface area contributed by atoms with Gasteiger partial charge in [-0.15, -0.1) is 0 Å². The van der Waals surface area contributed by atoms with Crippen molar-refractivity contribution in [3.05, 3.63) is 34.6 Å². The smallest absolute Gasteiger partial charge is 0.310 e. The highest BCUT2D eigenvalue weighted by Crippen LogP contribution is 2.23. The van der Waals surface area contributed by atoms with Gasteiger partial charge in [-0.1, -0.05) is 17.7 Å². The molecule has 5 heteroatoms. The van der Waals surface area contributed by atoms with Crippen molar-refractivity contribution in [2.45, 2.75) is 26.3 Å². The maximum atomic E-state index is 13.0. The molecule has 0 aliphatic carbocycles. The first-order valence-electron chi connectivity index (χ1n) is 6.93. The van der Waals surface area contributed by atoms with Crippen LogP contribution in [0.2, 0.25) is 5.02 Å². The van der Waals surface area contributed by atoms with Crippen LogP contribution >= 0.6 is 11.6 Å². The summed E-state index contributed by atoms with van der Waals surface area (Å²) in [6.07, 6.45) is 1.83. The van der Waals surface area contributed by atoms with Gasteiger partial charge in [-0.25, -0.2) is 4.39 Å². The number of carbonyl (C=O) groups excluding carboxylic acids is 1. The molecule has 1 fully saturated rings. The van der Waals surface area contributed by atoms with Gasteiger partial charge in [0.25, 0.3) is 0 Å². The number of ether oxygens (including phenoxy) is 1. The van der Waals surface area contributed by atoms with Crippen LogP contribution in [0.5, 0.6) is 0 Å². The standard InChI is InChI=1S/C15H19ClFNO2/c1-2-20-15(19)12-4-3-7-18(10-12)9-11-5-6-13(17)8-14(11)16/h5-6,8,12H,2-4,7,9-10H2,1H3/t12-/m1/s1. The zero-order chi connectivity index (χ0) is 14.5. The Labute approximate surface area is 123 Å². The Morgan fingerprint density at radius 1 is 1.55 bits per heavy atom. The number of hydrogen-bond acceptors (Lipinski definition) is 3. The molecule has 0 aromatic heterocycles. The largest absolute Gasteiger partial charge is 0.466 e. The Kier molecular flexibility index (Phi) is 5.38. The number of esters is 1. The minimum absolute atomic E-state index is 0.0667. The van der Waals surface area contributed by atoms with E-state index in [0.29, 0.717) is 24.7 Å². The molecular formula is C15H19ClFNO2. The van der Waals surface area contributed by atoms with Crippen molar-refractivity contribution in [3.63, 3.8) is 0 Å². The molecule has 3 nitrogen and oxygen atoms in total. The first kappa shape index (κ1) is 15.3. The third-order valence-corrected chi connectivity index (χ3v) is 3.89. The molecule has 1 aromatic carbocycles. The molecule has 0 saturated carbocycles. The fourth-order valence-electron chi connectivity index (χ4n) is 2.54. The van der Waals surface area contributed by atoms with Gasteiger partial charge in [0.15, 0.2) is 0 Å². The zero-order valence-corrected chi connectivity index (χ0v) is 12.3. The van der Waals surface area contributed by atoms with Gasteiger partial charge < -0.3 is 4.74 Å².